The average Bonchev–Trinajstić information content (AvgIpc) is 3.30. The van der Waals surface area contributed by atoms with Crippen molar-refractivity contribution in [2.75, 3.05) is 6.54 Å². The fraction of sp³-hybridized carbons (Fsp3) is 0.500. The van der Waals surface area contributed by atoms with Gasteiger partial charge in [-0.1, -0.05) is 6.08 Å². The smallest absolute Gasteiger partial charge is 0.398 e. The number of thiophene rings is 1. The van der Waals surface area contributed by atoms with Crippen molar-refractivity contribution >= 4 is 41.2 Å². The van der Waals surface area contributed by atoms with E-state index in [9.17, 15) is 4.79 Å². The lowest BCUT2D eigenvalue weighted by molar-refractivity contribution is 0.00578. The highest BCUT2D eigenvalue weighted by atomic mass is 32.1. The predicted octanol–water partition coefficient (Wildman–Crippen LogP) is 4.36. The molecule has 0 atom stereocenters. The molecule has 3 aromatic rings. The molecule has 0 bridgehead atoms. The second-order valence-electron chi connectivity index (χ2n) is 10.5. The van der Waals surface area contributed by atoms with Crippen molar-refractivity contribution < 1.29 is 14.1 Å². The Morgan fingerprint density at radius 3 is 2.63 bits per heavy atom. The Hall–Kier alpha value is -2.49. The molecule has 0 spiro atoms. The molecule has 35 heavy (non-hydrogen) atoms. The van der Waals surface area contributed by atoms with Crippen molar-refractivity contribution in [3.63, 3.8) is 0 Å². The van der Waals surface area contributed by atoms with Gasteiger partial charge in [-0.05, 0) is 89.5 Å². The highest BCUT2D eigenvalue weighted by Crippen LogP contribution is 2.40. The quantitative estimate of drug-likeness (QED) is 0.496. The van der Waals surface area contributed by atoms with Gasteiger partial charge in [0.25, 0.3) is 5.91 Å². The van der Waals surface area contributed by atoms with E-state index in [1.54, 1.807) is 11.3 Å². The zero-order valence-electron chi connectivity index (χ0n) is 21.3. The Kier molecular flexibility index (Phi) is 6.14. The van der Waals surface area contributed by atoms with Gasteiger partial charge in [-0.3, -0.25) is 4.79 Å². The number of rotatable bonds is 7. The topological polar surface area (TPSA) is 77.8 Å². The van der Waals surface area contributed by atoms with Crippen LogP contribution < -0.4 is 10.9 Å². The Morgan fingerprint density at radius 1 is 1.26 bits per heavy atom. The van der Waals surface area contributed by atoms with Crippen LogP contribution in [0.5, 0.6) is 0 Å². The van der Waals surface area contributed by atoms with E-state index in [1.807, 2.05) is 51.3 Å². The second-order valence-corrected chi connectivity index (χ2v) is 11.5. The summed E-state index contributed by atoms with van der Waals surface area (Å²) in [6.45, 7) is 12.8. The molecular formula is C26H33BN4O3S. The third-order valence-electron chi connectivity index (χ3n) is 7.44. The number of hydrogen-bond donors (Lipinski definition) is 1. The summed E-state index contributed by atoms with van der Waals surface area (Å²) in [5.74, 6) is 0.240. The van der Waals surface area contributed by atoms with E-state index in [4.69, 9.17) is 14.4 Å². The molecule has 1 saturated carbocycles. The van der Waals surface area contributed by atoms with E-state index in [2.05, 4.69) is 34.7 Å². The van der Waals surface area contributed by atoms with Gasteiger partial charge in [-0.15, -0.1) is 11.3 Å². The van der Waals surface area contributed by atoms with Crippen LogP contribution in [0.1, 0.15) is 86.9 Å². The van der Waals surface area contributed by atoms with Gasteiger partial charge in [0.15, 0.2) is 5.65 Å². The zero-order chi connectivity index (χ0) is 25.0. The molecule has 4 heterocycles. The summed E-state index contributed by atoms with van der Waals surface area (Å²) in [4.78, 5) is 19.0. The Bertz CT molecular complexity index is 1290. The van der Waals surface area contributed by atoms with Crippen LogP contribution in [-0.2, 0) is 15.7 Å². The van der Waals surface area contributed by atoms with E-state index in [0.717, 1.165) is 25.0 Å². The molecule has 9 heteroatoms. The summed E-state index contributed by atoms with van der Waals surface area (Å²) in [6.07, 6.45) is 5.10. The van der Waals surface area contributed by atoms with Crippen molar-refractivity contribution in [2.45, 2.75) is 77.9 Å². The molecule has 0 aromatic carbocycles. The van der Waals surface area contributed by atoms with E-state index in [0.29, 0.717) is 29.4 Å². The first kappa shape index (κ1) is 24.2. The number of nitrogens with one attached hydrogen (secondary N) is 1. The van der Waals surface area contributed by atoms with Crippen molar-refractivity contribution in [1.29, 1.82) is 0 Å². The van der Waals surface area contributed by atoms with Gasteiger partial charge in [0.05, 0.1) is 16.8 Å². The molecule has 5 rings (SSSR count). The van der Waals surface area contributed by atoms with Crippen LogP contribution in [0.15, 0.2) is 29.7 Å². The van der Waals surface area contributed by atoms with Gasteiger partial charge in [-0.25, -0.2) is 9.50 Å². The van der Waals surface area contributed by atoms with Gasteiger partial charge >= 0.3 is 7.12 Å². The van der Waals surface area contributed by atoms with Crippen LogP contribution in [-0.4, -0.2) is 45.4 Å². The maximum absolute atomic E-state index is 13.1. The molecule has 3 aromatic heterocycles. The van der Waals surface area contributed by atoms with Crippen LogP contribution in [0.2, 0.25) is 0 Å². The van der Waals surface area contributed by atoms with Crippen molar-refractivity contribution in [2.24, 2.45) is 0 Å². The monoisotopic (exact) mass is 492 g/mol. The first-order valence-corrected chi connectivity index (χ1v) is 13.2. The first-order valence-electron chi connectivity index (χ1n) is 12.3. The molecule has 1 saturated heterocycles. The molecule has 1 amide bonds. The first-order chi connectivity index (χ1) is 16.6. The van der Waals surface area contributed by atoms with Crippen LogP contribution in [0.25, 0.3) is 11.2 Å². The molecule has 0 unspecified atom stereocenters. The summed E-state index contributed by atoms with van der Waals surface area (Å²) in [5.41, 5.74) is 4.40. The lowest BCUT2D eigenvalue weighted by Crippen LogP contribution is -2.41. The highest BCUT2D eigenvalue weighted by molar-refractivity contribution is 7.10. The lowest BCUT2D eigenvalue weighted by atomic mass is 9.85. The number of allylic oxidation sites excluding steroid dienone is 2. The molecular weight excluding hydrogens is 459 g/mol. The van der Waals surface area contributed by atoms with Crippen LogP contribution in [0, 0.1) is 0 Å². The Morgan fingerprint density at radius 2 is 1.97 bits per heavy atom. The molecule has 1 N–H and O–H groups in total. The minimum absolute atomic E-state index is 0.159. The number of aromatic nitrogens is 3. The van der Waals surface area contributed by atoms with E-state index < -0.39 is 18.3 Å². The summed E-state index contributed by atoms with van der Waals surface area (Å²) >= 11 is 1.73. The Labute approximate surface area is 211 Å². The van der Waals surface area contributed by atoms with Gasteiger partial charge in [0.1, 0.15) is 5.69 Å². The zero-order valence-corrected chi connectivity index (χ0v) is 22.2. The van der Waals surface area contributed by atoms with E-state index >= 15 is 0 Å². The highest BCUT2D eigenvalue weighted by Gasteiger charge is 2.52. The van der Waals surface area contributed by atoms with E-state index in [-0.39, 0.29) is 5.91 Å². The number of hydrogen-bond acceptors (Lipinski definition) is 6. The minimum Gasteiger partial charge on any atom is -0.398 e. The van der Waals surface area contributed by atoms with Crippen molar-refractivity contribution in [3.8, 4) is 0 Å². The van der Waals surface area contributed by atoms with Gasteiger partial charge in [0.2, 0.25) is 0 Å². The third kappa shape index (κ3) is 4.57. The molecule has 7 nitrogen and oxygen atoms in total. The SMILES string of the molecule is C/C=C(/C)c1ccsc1CCNC(=O)c1cc(C2CC2)n2nc(B3OC(C)(C)C(C)(C)O3)cc2n1. The largest absolute Gasteiger partial charge is 0.516 e. The van der Waals surface area contributed by atoms with Crippen molar-refractivity contribution in [1.82, 2.24) is 19.9 Å². The molecule has 2 aliphatic rings. The summed E-state index contributed by atoms with van der Waals surface area (Å²) in [7, 11) is -0.563. The average molecular weight is 492 g/mol. The fourth-order valence-corrected chi connectivity index (χ4v) is 5.25. The number of amides is 1. The molecule has 184 valence electrons. The van der Waals surface area contributed by atoms with Crippen LogP contribution in [0.4, 0.5) is 0 Å². The minimum atomic E-state index is -0.563. The predicted molar refractivity (Wildman–Crippen MR) is 140 cm³/mol. The van der Waals surface area contributed by atoms with Gasteiger partial charge in [-0.2, -0.15) is 5.10 Å². The van der Waals surface area contributed by atoms with Crippen LogP contribution >= 0.6 is 11.3 Å². The number of fused-ring (bicyclic) bond motifs is 1. The van der Waals surface area contributed by atoms with E-state index in [1.165, 1.54) is 16.0 Å². The normalized spacial score (nSPS) is 19.5. The Balaban J connectivity index is 1.35. The summed E-state index contributed by atoms with van der Waals surface area (Å²) < 4.78 is 14.2. The number of nitrogens with zero attached hydrogens (tertiary/aromatic N) is 3. The third-order valence-corrected chi connectivity index (χ3v) is 8.42. The summed E-state index contributed by atoms with van der Waals surface area (Å²) in [6, 6.07) is 5.91. The van der Waals surface area contributed by atoms with Gasteiger partial charge < -0.3 is 14.6 Å². The molecule has 1 aliphatic heterocycles. The lowest BCUT2D eigenvalue weighted by Gasteiger charge is -2.32. The van der Waals surface area contributed by atoms with Gasteiger partial charge in [0, 0.05) is 29.1 Å². The number of carbonyl (C=O) groups is 1. The molecule has 0 radical (unpaired) electrons. The number of carbonyl (C=O) groups excluding carboxylic acids is 1. The van der Waals surface area contributed by atoms with Crippen LogP contribution in [0.3, 0.4) is 0 Å². The summed E-state index contributed by atoms with van der Waals surface area (Å²) in [5, 5.41) is 9.95. The molecule has 2 fully saturated rings. The maximum Gasteiger partial charge on any atom is 0.516 e. The standard InChI is InChI=1S/C26H33BN4O3S/c1-7-16(2)18-11-13-35-21(18)10-12-28-24(32)19-14-20(17-8-9-17)31-23(29-19)15-22(30-31)27-33-25(3,4)26(5,6)34-27/h7,11,13-15,17H,8-10,12H2,1-6H3,(H,28,32)/b16-7-. The maximum atomic E-state index is 13.1. The fourth-order valence-electron chi connectivity index (χ4n) is 4.30. The molecule has 1 aliphatic carbocycles. The second kappa shape index (κ2) is 8.87. The van der Waals surface area contributed by atoms with Crippen molar-refractivity contribution in [3.05, 3.63) is 51.5 Å².